The molecule has 0 saturated heterocycles. The highest BCUT2D eigenvalue weighted by molar-refractivity contribution is 7.91. The Balaban J connectivity index is 1.91. The minimum Gasteiger partial charge on any atom is -0.486 e. The van der Waals surface area contributed by atoms with Crippen molar-refractivity contribution in [3.63, 3.8) is 0 Å². The third-order valence-corrected chi connectivity index (χ3v) is 7.17. The van der Waals surface area contributed by atoms with Gasteiger partial charge in [-0.1, -0.05) is 6.07 Å². The van der Waals surface area contributed by atoms with Gasteiger partial charge in [0.05, 0.1) is 4.90 Å². The highest BCUT2D eigenvalue weighted by Crippen LogP contribution is 2.37. The Morgan fingerprint density at radius 3 is 2.56 bits per heavy atom. The number of fused-ring (bicyclic) bond motifs is 1. The van der Waals surface area contributed by atoms with Crippen LogP contribution in [0.25, 0.3) is 0 Å². The number of nitrogens with one attached hydrogen (secondary N) is 2. The SMILES string of the molecule is CNC(=O)C(=O)NC[C@H](c1cccs1)S(=O)(=O)c1ccc2c(c1)OCCO2. The molecule has 0 fully saturated rings. The molecule has 27 heavy (non-hydrogen) atoms. The number of amides is 2. The molecule has 1 atom stereocenters. The summed E-state index contributed by atoms with van der Waals surface area (Å²) < 4.78 is 37.3. The van der Waals surface area contributed by atoms with Crippen LogP contribution in [-0.4, -0.2) is 47.0 Å². The van der Waals surface area contributed by atoms with Crippen molar-refractivity contribution in [3.05, 3.63) is 40.6 Å². The molecule has 0 radical (unpaired) electrons. The van der Waals surface area contributed by atoms with E-state index in [9.17, 15) is 18.0 Å². The number of hydrogen-bond donors (Lipinski definition) is 2. The minimum atomic E-state index is -3.86. The van der Waals surface area contributed by atoms with Crippen molar-refractivity contribution in [2.45, 2.75) is 10.1 Å². The largest absolute Gasteiger partial charge is 0.486 e. The molecule has 0 spiro atoms. The average Bonchev–Trinajstić information content (AvgIpc) is 3.21. The molecule has 2 amide bonds. The van der Waals surface area contributed by atoms with Gasteiger partial charge in [0.25, 0.3) is 0 Å². The lowest BCUT2D eigenvalue weighted by Crippen LogP contribution is -2.40. The molecule has 1 aromatic carbocycles. The molecule has 2 N–H and O–H groups in total. The number of benzene rings is 1. The predicted molar refractivity (Wildman–Crippen MR) is 98.8 cm³/mol. The molecule has 10 heteroatoms. The van der Waals surface area contributed by atoms with E-state index in [1.54, 1.807) is 23.6 Å². The van der Waals surface area contributed by atoms with E-state index in [4.69, 9.17) is 9.47 Å². The standard InChI is InChI=1S/C17H18N2O6S2/c1-18-16(20)17(21)19-10-15(14-3-2-8-26-14)27(22,23)11-4-5-12-13(9-11)25-7-6-24-12/h2-5,8-9,15H,6-7,10H2,1H3,(H,18,20)(H,19,21)/t15-/m1/s1. The fourth-order valence-electron chi connectivity index (χ4n) is 2.58. The van der Waals surface area contributed by atoms with Gasteiger partial charge in [0.15, 0.2) is 21.3 Å². The molecule has 1 aliphatic heterocycles. The van der Waals surface area contributed by atoms with Gasteiger partial charge in [0, 0.05) is 24.5 Å². The Bertz CT molecular complexity index is 940. The van der Waals surface area contributed by atoms with Crippen LogP contribution in [0.15, 0.2) is 40.6 Å². The second-order valence-corrected chi connectivity index (χ2v) is 8.75. The van der Waals surface area contributed by atoms with Crippen molar-refractivity contribution in [1.29, 1.82) is 0 Å². The fourth-order valence-corrected chi connectivity index (χ4v) is 5.38. The Kier molecular flexibility index (Phi) is 5.66. The number of sulfone groups is 1. The van der Waals surface area contributed by atoms with Crippen molar-refractivity contribution >= 4 is 33.0 Å². The Morgan fingerprint density at radius 1 is 1.15 bits per heavy atom. The Labute approximate surface area is 160 Å². The van der Waals surface area contributed by atoms with Gasteiger partial charge in [-0.3, -0.25) is 9.59 Å². The molecule has 2 heterocycles. The van der Waals surface area contributed by atoms with Crippen LogP contribution in [0.4, 0.5) is 0 Å². The van der Waals surface area contributed by atoms with Gasteiger partial charge in [-0.05, 0) is 23.6 Å². The van der Waals surface area contributed by atoms with Gasteiger partial charge in [0.1, 0.15) is 18.5 Å². The molecule has 1 aromatic heterocycles. The number of hydrogen-bond acceptors (Lipinski definition) is 7. The van der Waals surface area contributed by atoms with Gasteiger partial charge in [-0.2, -0.15) is 0 Å². The maximum Gasteiger partial charge on any atom is 0.309 e. The number of carbonyl (C=O) groups excluding carboxylic acids is 2. The smallest absolute Gasteiger partial charge is 0.309 e. The van der Waals surface area contributed by atoms with E-state index in [1.807, 2.05) is 0 Å². The highest BCUT2D eigenvalue weighted by atomic mass is 32.2. The first-order valence-electron chi connectivity index (χ1n) is 8.10. The molecular weight excluding hydrogens is 392 g/mol. The molecule has 0 aliphatic carbocycles. The summed E-state index contributed by atoms with van der Waals surface area (Å²) in [5, 5.41) is 5.30. The summed E-state index contributed by atoms with van der Waals surface area (Å²) in [6.45, 7) is 0.513. The topological polar surface area (TPSA) is 111 Å². The van der Waals surface area contributed by atoms with E-state index >= 15 is 0 Å². The summed E-state index contributed by atoms with van der Waals surface area (Å²) in [5.74, 6) is -0.879. The predicted octanol–water partition coefficient (Wildman–Crippen LogP) is 0.897. The van der Waals surface area contributed by atoms with Crippen LogP contribution in [0.1, 0.15) is 10.1 Å². The van der Waals surface area contributed by atoms with Gasteiger partial charge < -0.3 is 20.1 Å². The van der Waals surface area contributed by atoms with E-state index in [2.05, 4.69) is 10.6 Å². The summed E-state index contributed by atoms with van der Waals surface area (Å²) in [5.41, 5.74) is 0. The Hall–Kier alpha value is -2.59. The van der Waals surface area contributed by atoms with Gasteiger partial charge >= 0.3 is 11.8 Å². The van der Waals surface area contributed by atoms with E-state index in [0.29, 0.717) is 29.6 Å². The first-order chi connectivity index (χ1) is 12.9. The van der Waals surface area contributed by atoms with Crippen LogP contribution in [0.3, 0.4) is 0 Å². The fraction of sp³-hybridized carbons (Fsp3) is 0.294. The molecule has 2 aromatic rings. The Morgan fingerprint density at radius 2 is 1.89 bits per heavy atom. The quantitative estimate of drug-likeness (QED) is 0.709. The van der Waals surface area contributed by atoms with Crippen LogP contribution >= 0.6 is 11.3 Å². The molecule has 144 valence electrons. The van der Waals surface area contributed by atoms with Crippen molar-refractivity contribution in [2.75, 3.05) is 26.8 Å². The highest BCUT2D eigenvalue weighted by Gasteiger charge is 2.32. The molecule has 1 aliphatic rings. The van der Waals surface area contributed by atoms with Crippen molar-refractivity contribution in [2.24, 2.45) is 0 Å². The van der Waals surface area contributed by atoms with Crippen molar-refractivity contribution in [3.8, 4) is 11.5 Å². The summed E-state index contributed by atoms with van der Waals surface area (Å²) in [4.78, 5) is 23.8. The molecule has 0 unspecified atom stereocenters. The van der Waals surface area contributed by atoms with Crippen LogP contribution in [0, 0.1) is 0 Å². The maximum atomic E-state index is 13.2. The number of thiophene rings is 1. The van der Waals surface area contributed by atoms with E-state index in [0.717, 1.165) is 0 Å². The minimum absolute atomic E-state index is 0.0549. The summed E-state index contributed by atoms with van der Waals surface area (Å²) >= 11 is 1.26. The zero-order valence-corrected chi connectivity index (χ0v) is 16.1. The summed E-state index contributed by atoms with van der Waals surface area (Å²) in [6, 6.07) is 7.83. The lowest BCUT2D eigenvalue weighted by Gasteiger charge is -2.21. The van der Waals surface area contributed by atoms with Gasteiger partial charge in [-0.15, -0.1) is 11.3 Å². The average molecular weight is 410 g/mol. The molecule has 0 saturated carbocycles. The van der Waals surface area contributed by atoms with E-state index in [1.165, 1.54) is 30.5 Å². The lowest BCUT2D eigenvalue weighted by atomic mass is 10.3. The molecule has 8 nitrogen and oxygen atoms in total. The van der Waals surface area contributed by atoms with Crippen molar-refractivity contribution in [1.82, 2.24) is 10.6 Å². The first kappa shape index (κ1) is 19.2. The number of likely N-dealkylation sites (N-methyl/N-ethyl adjacent to an activating group) is 1. The zero-order valence-electron chi connectivity index (χ0n) is 14.4. The second-order valence-electron chi connectivity index (χ2n) is 5.64. The van der Waals surface area contributed by atoms with E-state index < -0.39 is 26.9 Å². The number of carbonyl (C=O) groups is 2. The zero-order chi connectivity index (χ0) is 19.4. The third kappa shape index (κ3) is 4.06. The number of rotatable bonds is 5. The number of ether oxygens (including phenoxy) is 2. The monoisotopic (exact) mass is 410 g/mol. The van der Waals surface area contributed by atoms with Gasteiger partial charge in [-0.25, -0.2) is 8.42 Å². The van der Waals surface area contributed by atoms with Crippen LogP contribution in [-0.2, 0) is 19.4 Å². The summed E-state index contributed by atoms with van der Waals surface area (Å²) in [6.07, 6.45) is 0. The second kappa shape index (κ2) is 7.97. The van der Waals surface area contributed by atoms with Crippen LogP contribution in [0.2, 0.25) is 0 Å². The van der Waals surface area contributed by atoms with Crippen molar-refractivity contribution < 1.29 is 27.5 Å². The van der Waals surface area contributed by atoms with Crippen LogP contribution < -0.4 is 20.1 Å². The lowest BCUT2D eigenvalue weighted by molar-refractivity contribution is -0.138. The third-order valence-electron chi connectivity index (χ3n) is 3.96. The van der Waals surface area contributed by atoms with Gasteiger partial charge in [0.2, 0.25) is 0 Å². The summed E-state index contributed by atoms with van der Waals surface area (Å²) in [7, 11) is -2.53. The maximum absolute atomic E-state index is 13.2. The molecule has 3 rings (SSSR count). The molecular formula is C17H18N2O6S2. The first-order valence-corrected chi connectivity index (χ1v) is 10.5. The molecule has 0 bridgehead atoms. The van der Waals surface area contributed by atoms with E-state index in [-0.39, 0.29) is 11.4 Å². The van der Waals surface area contributed by atoms with Crippen LogP contribution in [0.5, 0.6) is 11.5 Å². The normalized spacial score (nSPS) is 14.3.